The number of amides is 1. The van der Waals surface area contributed by atoms with Gasteiger partial charge in [0.2, 0.25) is 5.91 Å². The molecule has 4 rings (SSSR count). The monoisotopic (exact) mass is 348 g/mol. The van der Waals surface area contributed by atoms with Crippen molar-refractivity contribution in [3.8, 4) is 0 Å². The predicted molar refractivity (Wildman–Crippen MR) is 104 cm³/mol. The topological polar surface area (TPSA) is 41.4 Å². The number of carbonyl (C=O) groups is 1. The minimum Gasteiger partial charge on any atom is -0.368 e. The van der Waals surface area contributed by atoms with Crippen LogP contribution < -0.4 is 4.90 Å². The highest BCUT2D eigenvalue weighted by atomic mass is 16.2. The van der Waals surface area contributed by atoms with Gasteiger partial charge in [0, 0.05) is 55.8 Å². The summed E-state index contributed by atoms with van der Waals surface area (Å²) in [5, 5.41) is 1.12. The Morgan fingerprint density at radius 1 is 1.12 bits per heavy atom. The van der Waals surface area contributed by atoms with Gasteiger partial charge in [-0.1, -0.05) is 12.1 Å². The molecule has 5 heteroatoms. The fraction of sp³-hybridized carbons (Fsp3) is 0.333. The molecule has 2 aromatic heterocycles. The maximum atomic E-state index is 12.8. The zero-order chi connectivity index (χ0) is 18.1. The average Bonchev–Trinajstić information content (AvgIpc) is 2.98. The molecule has 3 aromatic rings. The minimum atomic E-state index is 0.183. The summed E-state index contributed by atoms with van der Waals surface area (Å²) in [5.41, 5.74) is 4.75. The number of hydrogen-bond acceptors (Lipinski definition) is 3. The van der Waals surface area contributed by atoms with Crippen LogP contribution in [0.15, 0.2) is 48.9 Å². The summed E-state index contributed by atoms with van der Waals surface area (Å²) in [6.07, 6.45) is 5.70. The van der Waals surface area contributed by atoms with Crippen LogP contribution in [0.2, 0.25) is 0 Å². The molecule has 5 nitrogen and oxygen atoms in total. The van der Waals surface area contributed by atoms with Crippen LogP contribution in [-0.2, 0) is 11.3 Å². The molecular weight excluding hydrogens is 324 g/mol. The van der Waals surface area contributed by atoms with E-state index in [-0.39, 0.29) is 5.91 Å². The van der Waals surface area contributed by atoms with Crippen LogP contribution >= 0.6 is 0 Å². The molecule has 0 unspecified atom stereocenters. The van der Waals surface area contributed by atoms with E-state index in [1.165, 1.54) is 11.3 Å². The second-order valence-corrected chi connectivity index (χ2v) is 7.04. The molecule has 0 aliphatic carbocycles. The molecule has 0 spiro atoms. The standard InChI is InChI=1S/C21H24N4O/c1-16-4-3-5-18(12-16)23-8-10-24(11-9-23)21(26)15-25-14-17(2)19-13-22-7-6-20(19)25/h3-7,12-14H,8-11,15H2,1-2H3. The van der Waals surface area contributed by atoms with Crippen molar-refractivity contribution in [2.75, 3.05) is 31.1 Å². The van der Waals surface area contributed by atoms with Gasteiger partial charge in [-0.15, -0.1) is 0 Å². The second kappa shape index (κ2) is 6.83. The van der Waals surface area contributed by atoms with Gasteiger partial charge in [0.05, 0.1) is 5.52 Å². The maximum absolute atomic E-state index is 12.8. The number of nitrogens with zero attached hydrogens (tertiary/aromatic N) is 4. The average molecular weight is 348 g/mol. The molecule has 1 saturated heterocycles. The number of carbonyl (C=O) groups excluding carboxylic acids is 1. The lowest BCUT2D eigenvalue weighted by Crippen LogP contribution is -2.49. The molecule has 0 N–H and O–H groups in total. The summed E-state index contributed by atoms with van der Waals surface area (Å²) in [6, 6.07) is 10.5. The highest BCUT2D eigenvalue weighted by Crippen LogP contribution is 2.21. The van der Waals surface area contributed by atoms with Crippen LogP contribution in [0, 0.1) is 13.8 Å². The summed E-state index contributed by atoms with van der Waals surface area (Å²) < 4.78 is 2.04. The third-order valence-electron chi connectivity index (χ3n) is 5.19. The zero-order valence-corrected chi connectivity index (χ0v) is 15.4. The van der Waals surface area contributed by atoms with Crippen molar-refractivity contribution in [1.29, 1.82) is 0 Å². The third-order valence-corrected chi connectivity index (χ3v) is 5.19. The molecule has 0 bridgehead atoms. The van der Waals surface area contributed by atoms with Crippen LogP contribution in [0.4, 0.5) is 5.69 Å². The van der Waals surface area contributed by atoms with E-state index >= 15 is 0 Å². The molecule has 1 fully saturated rings. The molecule has 3 heterocycles. The number of hydrogen-bond donors (Lipinski definition) is 0. The normalized spacial score (nSPS) is 14.8. The second-order valence-electron chi connectivity index (χ2n) is 7.04. The van der Waals surface area contributed by atoms with Crippen LogP contribution in [0.5, 0.6) is 0 Å². The first-order valence-corrected chi connectivity index (χ1v) is 9.10. The van der Waals surface area contributed by atoms with E-state index in [9.17, 15) is 4.79 Å². The van der Waals surface area contributed by atoms with Gasteiger partial charge in [-0.3, -0.25) is 9.78 Å². The Morgan fingerprint density at radius 3 is 2.69 bits per heavy atom. The van der Waals surface area contributed by atoms with E-state index < -0.39 is 0 Å². The summed E-state index contributed by atoms with van der Waals surface area (Å²) >= 11 is 0. The summed E-state index contributed by atoms with van der Waals surface area (Å²) in [4.78, 5) is 21.3. The molecule has 0 saturated carbocycles. The molecule has 1 aromatic carbocycles. The van der Waals surface area contributed by atoms with Crippen LogP contribution in [0.3, 0.4) is 0 Å². The van der Waals surface area contributed by atoms with Gasteiger partial charge in [0.25, 0.3) is 0 Å². The van der Waals surface area contributed by atoms with Crippen molar-refractivity contribution >= 4 is 22.5 Å². The number of pyridine rings is 1. The van der Waals surface area contributed by atoms with Gasteiger partial charge in [0.15, 0.2) is 0 Å². The number of aryl methyl sites for hydroxylation is 2. The Kier molecular flexibility index (Phi) is 4.37. The molecule has 1 amide bonds. The van der Waals surface area contributed by atoms with Gasteiger partial charge in [-0.25, -0.2) is 0 Å². The van der Waals surface area contributed by atoms with Gasteiger partial charge in [0.1, 0.15) is 6.54 Å². The first kappa shape index (κ1) is 16.6. The number of fused-ring (bicyclic) bond motifs is 1. The predicted octanol–water partition coefficient (Wildman–Crippen LogP) is 3.00. The number of anilines is 1. The van der Waals surface area contributed by atoms with Gasteiger partial charge >= 0.3 is 0 Å². The van der Waals surface area contributed by atoms with E-state index in [1.54, 1.807) is 6.20 Å². The Morgan fingerprint density at radius 2 is 1.92 bits per heavy atom. The van der Waals surface area contributed by atoms with Crippen molar-refractivity contribution in [2.24, 2.45) is 0 Å². The number of benzene rings is 1. The SMILES string of the molecule is Cc1cccc(N2CCN(C(=O)Cn3cc(C)c4cnccc43)CC2)c1. The first-order chi connectivity index (χ1) is 12.6. The van der Waals surface area contributed by atoms with E-state index in [2.05, 4.69) is 48.0 Å². The van der Waals surface area contributed by atoms with Crippen molar-refractivity contribution < 1.29 is 4.79 Å². The lowest BCUT2D eigenvalue weighted by atomic mass is 10.2. The third kappa shape index (κ3) is 3.17. The highest BCUT2D eigenvalue weighted by molar-refractivity contribution is 5.85. The molecule has 1 aliphatic heterocycles. The van der Waals surface area contributed by atoms with Crippen LogP contribution in [-0.4, -0.2) is 46.5 Å². The van der Waals surface area contributed by atoms with Gasteiger partial charge < -0.3 is 14.4 Å². The van der Waals surface area contributed by atoms with Crippen molar-refractivity contribution in [1.82, 2.24) is 14.5 Å². The fourth-order valence-corrected chi connectivity index (χ4v) is 3.73. The Labute approximate surface area is 153 Å². The highest BCUT2D eigenvalue weighted by Gasteiger charge is 2.22. The van der Waals surface area contributed by atoms with Crippen molar-refractivity contribution in [3.05, 3.63) is 60.0 Å². The lowest BCUT2D eigenvalue weighted by molar-refractivity contribution is -0.132. The smallest absolute Gasteiger partial charge is 0.242 e. The first-order valence-electron chi connectivity index (χ1n) is 9.10. The Hall–Kier alpha value is -2.82. The number of piperazine rings is 1. The van der Waals surface area contributed by atoms with E-state index in [0.717, 1.165) is 42.6 Å². The molecule has 0 atom stereocenters. The van der Waals surface area contributed by atoms with Crippen molar-refractivity contribution in [3.63, 3.8) is 0 Å². The van der Waals surface area contributed by atoms with E-state index in [1.807, 2.05) is 27.9 Å². The minimum absolute atomic E-state index is 0.183. The fourth-order valence-electron chi connectivity index (χ4n) is 3.73. The molecule has 1 aliphatic rings. The van der Waals surface area contributed by atoms with E-state index in [4.69, 9.17) is 0 Å². The summed E-state index contributed by atoms with van der Waals surface area (Å²) in [7, 11) is 0. The summed E-state index contributed by atoms with van der Waals surface area (Å²) in [5.74, 6) is 0.183. The van der Waals surface area contributed by atoms with Crippen LogP contribution in [0.1, 0.15) is 11.1 Å². The largest absolute Gasteiger partial charge is 0.368 e. The van der Waals surface area contributed by atoms with E-state index in [0.29, 0.717) is 6.54 Å². The number of aromatic nitrogens is 2. The molecule has 134 valence electrons. The van der Waals surface area contributed by atoms with Gasteiger partial charge in [-0.05, 0) is 43.2 Å². The lowest BCUT2D eigenvalue weighted by Gasteiger charge is -2.36. The Balaban J connectivity index is 1.42. The van der Waals surface area contributed by atoms with Crippen molar-refractivity contribution in [2.45, 2.75) is 20.4 Å². The number of rotatable bonds is 3. The Bertz CT molecular complexity index is 938. The molecule has 26 heavy (non-hydrogen) atoms. The summed E-state index contributed by atoms with van der Waals surface area (Å²) in [6.45, 7) is 7.86. The molecule has 0 radical (unpaired) electrons. The quantitative estimate of drug-likeness (QED) is 0.731. The maximum Gasteiger partial charge on any atom is 0.242 e. The molecular formula is C21H24N4O. The van der Waals surface area contributed by atoms with Crippen LogP contribution in [0.25, 0.3) is 10.9 Å². The van der Waals surface area contributed by atoms with Gasteiger partial charge in [-0.2, -0.15) is 0 Å². The zero-order valence-electron chi connectivity index (χ0n) is 15.4.